The van der Waals surface area contributed by atoms with Gasteiger partial charge in [-0.1, -0.05) is 11.3 Å². The normalized spacial score (nSPS) is 9.87. The number of rotatable bonds is 2. The van der Waals surface area contributed by atoms with E-state index in [1.807, 2.05) is 6.07 Å². The van der Waals surface area contributed by atoms with Gasteiger partial charge in [-0.15, -0.1) is 0 Å². The Balaban J connectivity index is 2.24. The second kappa shape index (κ2) is 4.05. The number of thiazole rings is 1. The second-order valence-corrected chi connectivity index (χ2v) is 3.59. The minimum absolute atomic E-state index is 0.251. The van der Waals surface area contributed by atoms with E-state index in [4.69, 9.17) is 5.11 Å². The number of pyridine rings is 1. The zero-order valence-electron chi connectivity index (χ0n) is 7.45. The van der Waals surface area contributed by atoms with E-state index in [2.05, 4.69) is 14.7 Å². The first-order chi connectivity index (χ1) is 7.25. The monoisotopic (exact) mass is 222 g/mol. The molecule has 0 aromatic carbocycles. The Hall–Kier alpha value is -1.95. The zero-order valence-corrected chi connectivity index (χ0v) is 8.27. The van der Waals surface area contributed by atoms with E-state index in [0.29, 0.717) is 5.01 Å². The summed E-state index contributed by atoms with van der Waals surface area (Å²) in [6, 6.07) is 3.63. The topological polar surface area (TPSA) is 72.3 Å². The van der Waals surface area contributed by atoms with Crippen LogP contribution in [0.5, 0.6) is 5.06 Å². The molecule has 6 heteroatoms. The summed E-state index contributed by atoms with van der Waals surface area (Å²) in [5.74, 6) is 0. The lowest BCUT2D eigenvalue weighted by Gasteiger charge is -1.92. The van der Waals surface area contributed by atoms with Crippen molar-refractivity contribution < 1.29 is 14.6 Å². The highest BCUT2D eigenvalue weighted by Gasteiger charge is 2.07. The second-order valence-electron chi connectivity index (χ2n) is 2.59. The highest BCUT2D eigenvalue weighted by atomic mass is 32.1. The van der Waals surface area contributed by atoms with Crippen molar-refractivity contribution in [1.29, 1.82) is 0 Å². The third kappa shape index (κ3) is 2.29. The minimum atomic E-state index is -1.34. The van der Waals surface area contributed by atoms with Gasteiger partial charge in [-0.05, 0) is 12.1 Å². The molecular formula is C9H6N2O3S. The molecule has 76 valence electrons. The highest BCUT2D eigenvalue weighted by Crippen LogP contribution is 2.29. The first-order valence-corrected chi connectivity index (χ1v) is 4.84. The molecule has 0 amide bonds. The van der Waals surface area contributed by atoms with Gasteiger partial charge in [0.2, 0.25) is 5.06 Å². The third-order valence-corrected chi connectivity index (χ3v) is 2.51. The van der Waals surface area contributed by atoms with Gasteiger partial charge in [0.15, 0.2) is 0 Å². The van der Waals surface area contributed by atoms with Gasteiger partial charge in [0.05, 0.1) is 6.20 Å². The molecule has 0 aliphatic rings. The number of ether oxygens (including phenoxy) is 1. The average molecular weight is 222 g/mol. The van der Waals surface area contributed by atoms with Crippen LogP contribution in [0.1, 0.15) is 0 Å². The molecule has 5 nitrogen and oxygen atoms in total. The summed E-state index contributed by atoms with van der Waals surface area (Å²) in [6.07, 6.45) is 3.35. The molecule has 0 aliphatic carbocycles. The number of hydrogen-bond donors (Lipinski definition) is 1. The van der Waals surface area contributed by atoms with Crippen LogP contribution >= 0.6 is 11.3 Å². The van der Waals surface area contributed by atoms with Gasteiger partial charge >= 0.3 is 6.16 Å². The number of aromatic nitrogens is 2. The maximum absolute atomic E-state index is 10.3. The van der Waals surface area contributed by atoms with E-state index in [-0.39, 0.29) is 5.06 Å². The van der Waals surface area contributed by atoms with Crippen LogP contribution in [0.2, 0.25) is 0 Å². The van der Waals surface area contributed by atoms with E-state index in [9.17, 15) is 4.79 Å². The molecule has 2 heterocycles. The summed E-state index contributed by atoms with van der Waals surface area (Å²) >= 11 is 1.16. The van der Waals surface area contributed by atoms with Gasteiger partial charge in [0, 0.05) is 18.0 Å². The summed E-state index contributed by atoms with van der Waals surface area (Å²) in [7, 11) is 0. The molecule has 0 radical (unpaired) electrons. The predicted molar refractivity (Wildman–Crippen MR) is 54.0 cm³/mol. The van der Waals surface area contributed by atoms with Crippen LogP contribution in [-0.2, 0) is 0 Å². The van der Waals surface area contributed by atoms with Gasteiger partial charge in [0.1, 0.15) is 5.01 Å². The van der Waals surface area contributed by atoms with Gasteiger partial charge in [0.25, 0.3) is 0 Å². The van der Waals surface area contributed by atoms with E-state index in [1.54, 1.807) is 18.5 Å². The molecule has 15 heavy (non-hydrogen) atoms. The van der Waals surface area contributed by atoms with Crippen LogP contribution in [-0.4, -0.2) is 21.2 Å². The van der Waals surface area contributed by atoms with Gasteiger partial charge in [-0.25, -0.2) is 9.78 Å². The molecule has 2 aromatic rings. The molecule has 2 rings (SSSR count). The van der Waals surface area contributed by atoms with Gasteiger partial charge in [-0.3, -0.25) is 4.98 Å². The average Bonchev–Trinajstić information content (AvgIpc) is 2.67. The van der Waals surface area contributed by atoms with Crippen molar-refractivity contribution in [2.45, 2.75) is 0 Å². The number of carbonyl (C=O) groups is 1. The van der Waals surface area contributed by atoms with Crippen LogP contribution in [0.15, 0.2) is 30.7 Å². The Morgan fingerprint density at radius 2 is 2.33 bits per heavy atom. The van der Waals surface area contributed by atoms with Crippen molar-refractivity contribution >= 4 is 17.5 Å². The fourth-order valence-corrected chi connectivity index (χ4v) is 1.77. The number of hydrogen-bond acceptors (Lipinski definition) is 5. The van der Waals surface area contributed by atoms with Crippen molar-refractivity contribution in [3.05, 3.63) is 30.7 Å². The van der Waals surface area contributed by atoms with E-state index >= 15 is 0 Å². The van der Waals surface area contributed by atoms with E-state index in [1.165, 1.54) is 6.20 Å². The SMILES string of the molecule is O=C(O)Oc1cnc(-c2cccnc2)s1. The summed E-state index contributed by atoms with van der Waals surface area (Å²) in [5.41, 5.74) is 0.836. The molecule has 2 aromatic heterocycles. The van der Waals surface area contributed by atoms with Crippen LogP contribution < -0.4 is 4.74 Å². The molecule has 0 aliphatic heterocycles. The lowest BCUT2D eigenvalue weighted by Crippen LogP contribution is -2.00. The molecule has 0 atom stereocenters. The van der Waals surface area contributed by atoms with Crippen molar-refractivity contribution in [3.8, 4) is 15.6 Å². The molecule has 0 spiro atoms. The smallest absolute Gasteiger partial charge is 0.449 e. The Bertz CT molecular complexity index is 469. The lowest BCUT2D eigenvalue weighted by atomic mass is 10.3. The van der Waals surface area contributed by atoms with Crippen LogP contribution in [0.25, 0.3) is 10.6 Å². The van der Waals surface area contributed by atoms with Crippen molar-refractivity contribution in [2.24, 2.45) is 0 Å². The summed E-state index contributed by atoms with van der Waals surface area (Å²) in [4.78, 5) is 18.2. The van der Waals surface area contributed by atoms with Crippen LogP contribution in [0, 0.1) is 0 Å². The Kier molecular flexibility index (Phi) is 2.59. The number of nitrogens with zero attached hydrogens (tertiary/aromatic N) is 2. The fourth-order valence-electron chi connectivity index (χ4n) is 1.02. The maximum Gasteiger partial charge on any atom is 0.512 e. The van der Waals surface area contributed by atoms with Crippen molar-refractivity contribution in [2.75, 3.05) is 0 Å². The van der Waals surface area contributed by atoms with Gasteiger partial charge < -0.3 is 9.84 Å². The molecule has 0 bridgehead atoms. The molecular weight excluding hydrogens is 216 g/mol. The predicted octanol–water partition coefficient (Wildman–Crippen LogP) is 2.26. The Morgan fingerprint density at radius 3 is 3.00 bits per heavy atom. The van der Waals surface area contributed by atoms with Crippen molar-refractivity contribution in [3.63, 3.8) is 0 Å². The van der Waals surface area contributed by atoms with Gasteiger partial charge in [-0.2, -0.15) is 0 Å². The summed E-state index contributed by atoms with van der Waals surface area (Å²) in [5, 5.41) is 9.32. The Labute approximate surface area is 89.0 Å². The summed E-state index contributed by atoms with van der Waals surface area (Å²) < 4.78 is 4.47. The quantitative estimate of drug-likeness (QED) is 0.789. The van der Waals surface area contributed by atoms with Crippen LogP contribution in [0.4, 0.5) is 4.79 Å². The summed E-state index contributed by atoms with van der Waals surface area (Å²) in [6.45, 7) is 0. The maximum atomic E-state index is 10.3. The number of carboxylic acid groups (broad SMARTS) is 1. The molecule has 1 N–H and O–H groups in total. The van der Waals surface area contributed by atoms with E-state index < -0.39 is 6.16 Å². The standard InChI is InChI=1S/C9H6N2O3S/c12-9(13)14-7-5-11-8(15-7)6-2-1-3-10-4-6/h1-5H,(H,12,13). The Morgan fingerprint density at radius 1 is 1.47 bits per heavy atom. The molecule has 0 saturated heterocycles. The zero-order chi connectivity index (χ0) is 10.7. The van der Waals surface area contributed by atoms with E-state index in [0.717, 1.165) is 16.9 Å². The van der Waals surface area contributed by atoms with Crippen molar-refractivity contribution in [1.82, 2.24) is 9.97 Å². The fraction of sp³-hybridized carbons (Fsp3) is 0. The molecule has 0 fully saturated rings. The first kappa shape index (κ1) is 9.60. The highest BCUT2D eigenvalue weighted by molar-refractivity contribution is 7.16. The van der Waals surface area contributed by atoms with Crippen LogP contribution in [0.3, 0.4) is 0 Å². The lowest BCUT2D eigenvalue weighted by molar-refractivity contribution is 0.146. The molecule has 0 saturated carbocycles. The molecule has 0 unspecified atom stereocenters. The first-order valence-electron chi connectivity index (χ1n) is 4.03. The minimum Gasteiger partial charge on any atom is -0.449 e. The largest absolute Gasteiger partial charge is 0.512 e. The third-order valence-electron chi connectivity index (χ3n) is 1.58.